The van der Waals surface area contributed by atoms with Crippen LogP contribution >= 0.6 is 0 Å². The first-order valence-electron chi connectivity index (χ1n) is 7.04. The minimum absolute atomic E-state index is 0.598. The number of fused-ring (bicyclic) bond motifs is 1. The molecule has 0 aliphatic carbocycles. The summed E-state index contributed by atoms with van der Waals surface area (Å²) < 4.78 is 5.83. The third-order valence-corrected chi connectivity index (χ3v) is 3.14. The van der Waals surface area contributed by atoms with Gasteiger partial charge in [0.2, 0.25) is 5.88 Å². The molecule has 2 heterocycles. The molecule has 0 saturated heterocycles. The van der Waals surface area contributed by atoms with Gasteiger partial charge in [0.1, 0.15) is 5.75 Å². The Labute approximate surface area is 123 Å². The normalized spacial score (nSPS) is 10.7. The SMILES string of the molecule is CCNCc1cccc(Oc2ccc3cccnc3c2)n1. The molecular weight excluding hydrogens is 262 g/mol. The topological polar surface area (TPSA) is 47.0 Å². The van der Waals surface area contributed by atoms with E-state index in [1.54, 1.807) is 6.20 Å². The molecule has 0 aliphatic heterocycles. The fraction of sp³-hybridized carbons (Fsp3) is 0.176. The zero-order chi connectivity index (χ0) is 14.5. The summed E-state index contributed by atoms with van der Waals surface area (Å²) in [4.78, 5) is 8.81. The number of benzene rings is 1. The second kappa shape index (κ2) is 6.33. The summed E-state index contributed by atoms with van der Waals surface area (Å²) >= 11 is 0. The van der Waals surface area contributed by atoms with E-state index in [1.165, 1.54) is 0 Å². The third kappa shape index (κ3) is 3.35. The third-order valence-electron chi connectivity index (χ3n) is 3.14. The van der Waals surface area contributed by atoms with Crippen LogP contribution in [0.5, 0.6) is 11.6 Å². The van der Waals surface area contributed by atoms with Gasteiger partial charge in [-0.15, -0.1) is 0 Å². The highest BCUT2D eigenvalue weighted by Gasteiger charge is 2.02. The number of nitrogens with zero attached hydrogens (tertiary/aromatic N) is 2. The first-order valence-corrected chi connectivity index (χ1v) is 7.04. The van der Waals surface area contributed by atoms with Gasteiger partial charge in [-0.05, 0) is 30.8 Å². The van der Waals surface area contributed by atoms with Crippen molar-refractivity contribution in [3.63, 3.8) is 0 Å². The van der Waals surface area contributed by atoms with Crippen molar-refractivity contribution in [1.82, 2.24) is 15.3 Å². The quantitative estimate of drug-likeness (QED) is 0.776. The molecule has 0 unspecified atom stereocenters. The van der Waals surface area contributed by atoms with Crippen molar-refractivity contribution in [3.05, 3.63) is 60.4 Å². The van der Waals surface area contributed by atoms with Gasteiger partial charge in [-0.25, -0.2) is 4.98 Å². The maximum atomic E-state index is 5.83. The molecule has 21 heavy (non-hydrogen) atoms. The molecule has 0 bridgehead atoms. The number of rotatable bonds is 5. The lowest BCUT2D eigenvalue weighted by molar-refractivity contribution is 0.460. The molecule has 4 heteroatoms. The van der Waals surface area contributed by atoms with E-state index < -0.39 is 0 Å². The molecule has 2 aromatic heterocycles. The standard InChI is InChI=1S/C17H17N3O/c1-2-18-12-14-6-3-7-17(20-14)21-15-9-8-13-5-4-10-19-16(13)11-15/h3-11,18H,2,12H2,1H3. The smallest absolute Gasteiger partial charge is 0.219 e. The molecule has 1 aromatic carbocycles. The van der Waals surface area contributed by atoms with Crippen molar-refractivity contribution in [2.75, 3.05) is 6.54 Å². The molecule has 0 atom stereocenters. The van der Waals surface area contributed by atoms with Crippen molar-refractivity contribution in [1.29, 1.82) is 0 Å². The van der Waals surface area contributed by atoms with Crippen molar-refractivity contribution < 1.29 is 4.74 Å². The Kier molecular flexibility index (Phi) is 4.07. The fourth-order valence-corrected chi connectivity index (χ4v) is 2.10. The van der Waals surface area contributed by atoms with Gasteiger partial charge in [-0.3, -0.25) is 4.98 Å². The Bertz CT molecular complexity index is 743. The van der Waals surface area contributed by atoms with Gasteiger partial charge in [0.15, 0.2) is 0 Å². The van der Waals surface area contributed by atoms with Crippen LogP contribution in [-0.4, -0.2) is 16.5 Å². The maximum absolute atomic E-state index is 5.83. The highest BCUT2D eigenvalue weighted by Crippen LogP contribution is 2.23. The number of aromatic nitrogens is 2. The summed E-state index contributed by atoms with van der Waals surface area (Å²) in [5.74, 6) is 1.34. The Morgan fingerprint density at radius 1 is 1.10 bits per heavy atom. The average molecular weight is 279 g/mol. The van der Waals surface area contributed by atoms with E-state index in [4.69, 9.17) is 4.74 Å². The second-order valence-electron chi connectivity index (χ2n) is 4.71. The van der Waals surface area contributed by atoms with Crippen LogP contribution in [0.15, 0.2) is 54.7 Å². The second-order valence-corrected chi connectivity index (χ2v) is 4.71. The van der Waals surface area contributed by atoms with Crippen LogP contribution in [0, 0.1) is 0 Å². The predicted molar refractivity (Wildman–Crippen MR) is 83.4 cm³/mol. The molecule has 0 fully saturated rings. The lowest BCUT2D eigenvalue weighted by atomic mass is 10.2. The van der Waals surface area contributed by atoms with E-state index in [0.29, 0.717) is 5.88 Å². The Balaban J connectivity index is 1.81. The Hall–Kier alpha value is -2.46. The van der Waals surface area contributed by atoms with Crippen molar-refractivity contribution >= 4 is 10.9 Å². The summed E-state index contributed by atoms with van der Waals surface area (Å²) in [6.07, 6.45) is 1.78. The molecular formula is C17H17N3O. The van der Waals surface area contributed by atoms with E-state index >= 15 is 0 Å². The molecule has 0 aliphatic rings. The summed E-state index contributed by atoms with van der Waals surface area (Å²) in [6, 6.07) is 15.6. The first kappa shape index (κ1) is 13.5. The molecule has 0 radical (unpaired) electrons. The molecule has 3 aromatic rings. The first-order chi connectivity index (χ1) is 10.3. The van der Waals surface area contributed by atoms with Gasteiger partial charge in [0, 0.05) is 30.3 Å². The van der Waals surface area contributed by atoms with Gasteiger partial charge in [-0.1, -0.05) is 19.1 Å². The fourth-order valence-electron chi connectivity index (χ4n) is 2.10. The van der Waals surface area contributed by atoms with Crippen molar-refractivity contribution in [2.24, 2.45) is 0 Å². The number of hydrogen-bond acceptors (Lipinski definition) is 4. The van der Waals surface area contributed by atoms with Gasteiger partial charge >= 0.3 is 0 Å². The number of ether oxygens (including phenoxy) is 1. The van der Waals surface area contributed by atoms with Crippen LogP contribution < -0.4 is 10.1 Å². The molecule has 1 N–H and O–H groups in total. The van der Waals surface area contributed by atoms with E-state index in [2.05, 4.69) is 22.2 Å². The van der Waals surface area contributed by atoms with E-state index in [0.717, 1.165) is 35.4 Å². The van der Waals surface area contributed by atoms with Crippen molar-refractivity contribution in [3.8, 4) is 11.6 Å². The predicted octanol–water partition coefficient (Wildman–Crippen LogP) is 3.53. The summed E-state index contributed by atoms with van der Waals surface area (Å²) in [7, 11) is 0. The lowest BCUT2D eigenvalue weighted by Gasteiger charge is -2.07. The zero-order valence-corrected chi connectivity index (χ0v) is 11.9. The van der Waals surface area contributed by atoms with Crippen LogP contribution in [-0.2, 0) is 6.54 Å². The van der Waals surface area contributed by atoms with Crippen LogP contribution in [0.4, 0.5) is 0 Å². The molecule has 0 amide bonds. The van der Waals surface area contributed by atoms with E-state index in [-0.39, 0.29) is 0 Å². The number of nitrogens with one attached hydrogen (secondary N) is 1. The highest BCUT2D eigenvalue weighted by molar-refractivity contribution is 5.79. The Morgan fingerprint density at radius 2 is 2.05 bits per heavy atom. The minimum Gasteiger partial charge on any atom is -0.439 e. The molecule has 4 nitrogen and oxygen atoms in total. The van der Waals surface area contributed by atoms with Crippen LogP contribution in [0.2, 0.25) is 0 Å². The van der Waals surface area contributed by atoms with Gasteiger partial charge in [-0.2, -0.15) is 0 Å². The maximum Gasteiger partial charge on any atom is 0.219 e. The van der Waals surface area contributed by atoms with E-state index in [1.807, 2.05) is 48.5 Å². The molecule has 0 spiro atoms. The summed E-state index contributed by atoms with van der Waals surface area (Å²) in [6.45, 7) is 3.73. The van der Waals surface area contributed by atoms with Gasteiger partial charge in [0.25, 0.3) is 0 Å². The van der Waals surface area contributed by atoms with Crippen LogP contribution in [0.25, 0.3) is 10.9 Å². The summed E-state index contributed by atoms with van der Waals surface area (Å²) in [5, 5.41) is 4.35. The molecule has 0 saturated carbocycles. The molecule has 106 valence electrons. The lowest BCUT2D eigenvalue weighted by Crippen LogP contribution is -2.12. The Morgan fingerprint density at radius 3 is 2.95 bits per heavy atom. The number of hydrogen-bond donors (Lipinski definition) is 1. The summed E-state index contributed by atoms with van der Waals surface area (Å²) in [5.41, 5.74) is 1.88. The van der Waals surface area contributed by atoms with Crippen LogP contribution in [0.1, 0.15) is 12.6 Å². The van der Waals surface area contributed by atoms with E-state index in [9.17, 15) is 0 Å². The average Bonchev–Trinajstić information content (AvgIpc) is 2.53. The van der Waals surface area contributed by atoms with Gasteiger partial charge in [0.05, 0.1) is 11.2 Å². The minimum atomic E-state index is 0.598. The van der Waals surface area contributed by atoms with Crippen LogP contribution in [0.3, 0.4) is 0 Å². The molecule has 3 rings (SSSR count). The zero-order valence-electron chi connectivity index (χ0n) is 11.9. The largest absolute Gasteiger partial charge is 0.439 e. The highest BCUT2D eigenvalue weighted by atomic mass is 16.5. The monoisotopic (exact) mass is 279 g/mol. The number of pyridine rings is 2. The van der Waals surface area contributed by atoms with Crippen molar-refractivity contribution in [2.45, 2.75) is 13.5 Å². The van der Waals surface area contributed by atoms with Gasteiger partial charge < -0.3 is 10.1 Å².